The summed E-state index contributed by atoms with van der Waals surface area (Å²) in [4.78, 5) is 40.8. The number of nitrogens with one attached hydrogen (secondary N) is 2. The van der Waals surface area contributed by atoms with E-state index in [0.29, 0.717) is 75.1 Å². The number of aromatic amines is 1. The van der Waals surface area contributed by atoms with Crippen molar-refractivity contribution in [1.29, 1.82) is 0 Å². The topological polar surface area (TPSA) is 177 Å². The molecule has 5 N–H and O–H groups in total. The molecule has 0 saturated heterocycles. The third kappa shape index (κ3) is 9.24. The summed E-state index contributed by atoms with van der Waals surface area (Å²) in [5.74, 6) is 1.60. The van der Waals surface area contributed by atoms with Gasteiger partial charge in [-0.1, -0.05) is 46.0 Å². The Morgan fingerprint density at radius 3 is 1.81 bits per heavy atom. The van der Waals surface area contributed by atoms with Crippen molar-refractivity contribution >= 4 is 28.3 Å². The number of methoxy groups -OCH3 is 2. The molecule has 0 spiro atoms. The van der Waals surface area contributed by atoms with Crippen LogP contribution in [0.4, 0.5) is 5.69 Å². The van der Waals surface area contributed by atoms with Gasteiger partial charge in [-0.05, 0) is 79.9 Å². The number of ketones is 1. The van der Waals surface area contributed by atoms with Gasteiger partial charge in [-0.2, -0.15) is 0 Å². The molecule has 1 atom stereocenters. The fourth-order valence-electron chi connectivity index (χ4n) is 6.12. The number of benzene rings is 4. The van der Waals surface area contributed by atoms with E-state index in [1.807, 2.05) is 0 Å². The number of phenolic OH excluding ortho intramolecular Hbond substituents is 2. The quantitative estimate of drug-likeness (QED) is 0.0546. The van der Waals surface area contributed by atoms with E-state index in [4.69, 9.17) is 18.9 Å². The van der Waals surface area contributed by atoms with Crippen LogP contribution in [0.25, 0.3) is 10.9 Å². The molecule has 12 nitrogen and oxygen atoms in total. The van der Waals surface area contributed by atoms with Gasteiger partial charge in [-0.25, -0.2) is 0 Å². The highest BCUT2D eigenvalue weighted by Crippen LogP contribution is 2.41. The number of Topliss-reactive ketones (excluding diaryl/α,β-unsaturated/α-hetero) is 1. The molecule has 0 saturated carbocycles. The third-order valence-electron chi connectivity index (χ3n) is 9.08. The monoisotopic (exact) mass is 738 g/mol. The molecule has 1 aromatic heterocycles. The number of phenols is 2. The van der Waals surface area contributed by atoms with Crippen LogP contribution in [0.15, 0.2) is 77.6 Å². The van der Waals surface area contributed by atoms with E-state index in [2.05, 4.69) is 24.1 Å². The zero-order chi connectivity index (χ0) is 38.8. The van der Waals surface area contributed by atoms with E-state index in [1.54, 1.807) is 48.5 Å². The SMILES string of the molecule is CCCCCC1C(=O)Nc2c(Oc3ccc(O)cc3)cc(OC)cc2C1=O.CCCCCc1c(O)c2cc(OC)cc(Oc3ccc(O)cc3)c2[nH]c1=O. The number of ether oxygens (including phenoxy) is 4. The number of hydrogen-bond donors (Lipinski definition) is 5. The van der Waals surface area contributed by atoms with Gasteiger partial charge in [0.15, 0.2) is 17.3 Å². The van der Waals surface area contributed by atoms with Gasteiger partial charge in [-0.15, -0.1) is 0 Å². The Morgan fingerprint density at radius 1 is 0.667 bits per heavy atom. The van der Waals surface area contributed by atoms with E-state index >= 15 is 0 Å². The second-order valence-corrected chi connectivity index (χ2v) is 12.9. The fraction of sp³-hybridized carbons (Fsp3) is 0.310. The van der Waals surface area contributed by atoms with Gasteiger partial charge in [0, 0.05) is 23.1 Å². The van der Waals surface area contributed by atoms with Crippen molar-refractivity contribution in [3.8, 4) is 51.7 Å². The van der Waals surface area contributed by atoms with Gasteiger partial charge in [0.05, 0.1) is 31.0 Å². The molecule has 6 rings (SSSR count). The largest absolute Gasteiger partial charge is 0.508 e. The maximum Gasteiger partial charge on any atom is 0.255 e. The lowest BCUT2D eigenvalue weighted by atomic mass is 9.87. The summed E-state index contributed by atoms with van der Waals surface area (Å²) in [6.45, 7) is 4.16. The highest BCUT2D eigenvalue weighted by Gasteiger charge is 2.36. The van der Waals surface area contributed by atoms with E-state index < -0.39 is 5.92 Å². The van der Waals surface area contributed by atoms with Crippen molar-refractivity contribution in [3.63, 3.8) is 0 Å². The highest BCUT2D eigenvalue weighted by atomic mass is 16.5. The van der Waals surface area contributed by atoms with Crippen molar-refractivity contribution in [1.82, 2.24) is 4.98 Å². The molecule has 1 unspecified atom stereocenters. The minimum absolute atomic E-state index is 0.0423. The van der Waals surface area contributed by atoms with Crippen molar-refractivity contribution < 1.29 is 43.9 Å². The fourth-order valence-corrected chi connectivity index (χ4v) is 6.12. The Hall–Kier alpha value is -6.17. The number of amides is 1. The Kier molecular flexibility index (Phi) is 13.0. The van der Waals surface area contributed by atoms with Gasteiger partial charge < -0.3 is 44.6 Å². The number of hydrogen-bond acceptors (Lipinski definition) is 10. The molecule has 5 aromatic rings. The van der Waals surface area contributed by atoms with Crippen LogP contribution in [-0.4, -0.2) is 46.2 Å². The zero-order valence-electron chi connectivity index (χ0n) is 30.9. The van der Waals surface area contributed by atoms with Crippen molar-refractivity contribution in [2.24, 2.45) is 5.92 Å². The van der Waals surface area contributed by atoms with Gasteiger partial charge in [0.2, 0.25) is 5.91 Å². The van der Waals surface area contributed by atoms with Gasteiger partial charge in [0.1, 0.15) is 46.2 Å². The van der Waals surface area contributed by atoms with E-state index in [1.165, 1.54) is 38.5 Å². The average molecular weight is 739 g/mol. The van der Waals surface area contributed by atoms with E-state index in [9.17, 15) is 29.7 Å². The molecular weight excluding hydrogens is 692 g/mol. The predicted molar refractivity (Wildman–Crippen MR) is 206 cm³/mol. The van der Waals surface area contributed by atoms with E-state index in [-0.39, 0.29) is 34.5 Å². The van der Waals surface area contributed by atoms with Crippen molar-refractivity contribution in [2.45, 2.75) is 65.2 Å². The predicted octanol–water partition coefficient (Wildman–Crippen LogP) is 9.00. The molecule has 0 bridgehead atoms. The number of H-pyrrole nitrogens is 1. The molecule has 0 aliphatic carbocycles. The van der Waals surface area contributed by atoms with E-state index in [0.717, 1.165) is 38.5 Å². The van der Waals surface area contributed by atoms with Gasteiger partial charge >= 0.3 is 0 Å². The standard InChI is InChI=1S/2C21H23NO5/c2*1-3-4-5-6-16-20(24)17-11-15(26-2)12-18(19(17)22-21(16)25)27-14-9-7-13(23)8-10-14/h7-12,23H,3-6H2,1-2H3,(H2,22,24,25);7-12,16,23H,3-6H2,1-2H3,(H,22,25). The number of unbranched alkanes of at least 4 members (excludes halogenated alkanes) is 4. The lowest BCUT2D eigenvalue weighted by Gasteiger charge is -2.26. The summed E-state index contributed by atoms with van der Waals surface area (Å²) in [7, 11) is 3.03. The molecule has 2 heterocycles. The lowest BCUT2D eigenvalue weighted by molar-refractivity contribution is -0.119. The van der Waals surface area contributed by atoms with Crippen LogP contribution in [0.5, 0.6) is 51.7 Å². The highest BCUT2D eigenvalue weighted by molar-refractivity contribution is 6.21. The number of aromatic hydroxyl groups is 3. The molecule has 54 heavy (non-hydrogen) atoms. The first kappa shape index (κ1) is 39.0. The first-order chi connectivity index (χ1) is 26.1. The summed E-state index contributed by atoms with van der Waals surface area (Å²) in [6.07, 6.45) is 6.74. The molecule has 1 aliphatic rings. The molecular formula is C42H46N2O10. The number of rotatable bonds is 14. The smallest absolute Gasteiger partial charge is 0.255 e. The summed E-state index contributed by atoms with van der Waals surface area (Å²) in [5, 5.41) is 32.8. The zero-order valence-corrected chi connectivity index (χ0v) is 30.9. The average Bonchev–Trinajstić information content (AvgIpc) is 3.17. The summed E-state index contributed by atoms with van der Waals surface area (Å²) in [5.41, 5.74) is 1.19. The Labute approximate surface area is 313 Å². The van der Waals surface area contributed by atoms with Crippen LogP contribution >= 0.6 is 0 Å². The summed E-state index contributed by atoms with van der Waals surface area (Å²) in [6, 6.07) is 19.0. The van der Waals surface area contributed by atoms with Gasteiger partial charge in [0.25, 0.3) is 5.56 Å². The molecule has 1 amide bonds. The molecule has 0 radical (unpaired) electrons. The normalized spacial score (nSPS) is 13.4. The number of carbonyl (C=O) groups is 2. The van der Waals surface area contributed by atoms with Crippen molar-refractivity contribution in [2.75, 3.05) is 19.5 Å². The molecule has 12 heteroatoms. The minimum Gasteiger partial charge on any atom is -0.508 e. The minimum atomic E-state index is -0.683. The van der Waals surface area contributed by atoms with Crippen LogP contribution in [0, 0.1) is 5.92 Å². The first-order valence-electron chi connectivity index (χ1n) is 18.0. The Balaban J connectivity index is 0.000000208. The Morgan fingerprint density at radius 2 is 1.22 bits per heavy atom. The number of aromatic nitrogens is 1. The van der Waals surface area contributed by atoms with Crippen LogP contribution in [-0.2, 0) is 11.2 Å². The number of anilines is 1. The number of fused-ring (bicyclic) bond motifs is 2. The number of pyridine rings is 1. The molecule has 284 valence electrons. The maximum absolute atomic E-state index is 12.9. The van der Waals surface area contributed by atoms with Gasteiger partial charge in [-0.3, -0.25) is 14.4 Å². The lowest BCUT2D eigenvalue weighted by Crippen LogP contribution is -2.35. The number of carbonyl (C=O) groups excluding carboxylic acids is 2. The van der Waals surface area contributed by atoms with Crippen LogP contribution in [0.2, 0.25) is 0 Å². The van der Waals surface area contributed by atoms with Crippen LogP contribution < -0.4 is 29.8 Å². The van der Waals surface area contributed by atoms with Crippen LogP contribution in [0.1, 0.15) is 74.7 Å². The third-order valence-corrected chi connectivity index (χ3v) is 9.08. The summed E-state index contributed by atoms with van der Waals surface area (Å²) >= 11 is 0. The maximum atomic E-state index is 12.9. The van der Waals surface area contributed by atoms with Crippen molar-refractivity contribution in [3.05, 3.63) is 94.3 Å². The summed E-state index contributed by atoms with van der Waals surface area (Å²) < 4.78 is 22.3. The first-order valence-corrected chi connectivity index (χ1v) is 18.0. The molecule has 0 fully saturated rings. The Bertz CT molecular complexity index is 2140. The second kappa shape index (κ2) is 18.0. The second-order valence-electron chi connectivity index (χ2n) is 12.9. The molecule has 1 aliphatic heterocycles. The molecule has 4 aromatic carbocycles. The van der Waals surface area contributed by atoms with Crippen LogP contribution in [0.3, 0.4) is 0 Å².